The number of aromatic amines is 1. The molecule has 0 saturated heterocycles. The van der Waals surface area contributed by atoms with Gasteiger partial charge in [0, 0.05) is 24.5 Å². The SMILES string of the molecule is COc1ccccc1OCC(=O)N1CCc2c(nc(-c3cnccn3)[nH]c2=O)C1. The number of amides is 1. The van der Waals surface area contributed by atoms with Gasteiger partial charge in [-0.25, -0.2) is 9.97 Å². The molecule has 0 bridgehead atoms. The summed E-state index contributed by atoms with van der Waals surface area (Å²) in [6.07, 6.45) is 5.03. The summed E-state index contributed by atoms with van der Waals surface area (Å²) < 4.78 is 10.9. The van der Waals surface area contributed by atoms with E-state index in [1.165, 1.54) is 12.4 Å². The first kappa shape index (κ1) is 18.6. The maximum atomic E-state index is 12.6. The number of hydrogen-bond donors (Lipinski definition) is 1. The Labute approximate surface area is 166 Å². The summed E-state index contributed by atoms with van der Waals surface area (Å²) in [5.41, 5.74) is 1.40. The van der Waals surface area contributed by atoms with Gasteiger partial charge in [0.05, 0.1) is 25.5 Å². The Kier molecular flexibility index (Phi) is 5.19. The van der Waals surface area contributed by atoms with Gasteiger partial charge < -0.3 is 19.4 Å². The van der Waals surface area contributed by atoms with Crippen LogP contribution in [0.15, 0.2) is 47.7 Å². The topological polar surface area (TPSA) is 110 Å². The number of aromatic nitrogens is 4. The number of carbonyl (C=O) groups excluding carboxylic acids is 1. The molecule has 0 spiro atoms. The van der Waals surface area contributed by atoms with Crippen LogP contribution in [0.4, 0.5) is 0 Å². The Morgan fingerprint density at radius 1 is 1.24 bits per heavy atom. The summed E-state index contributed by atoms with van der Waals surface area (Å²) in [4.78, 5) is 42.1. The van der Waals surface area contributed by atoms with Gasteiger partial charge in [-0.2, -0.15) is 0 Å². The molecule has 1 amide bonds. The van der Waals surface area contributed by atoms with Crippen molar-refractivity contribution < 1.29 is 14.3 Å². The van der Waals surface area contributed by atoms with Crippen molar-refractivity contribution in [3.63, 3.8) is 0 Å². The molecule has 2 aromatic heterocycles. The lowest BCUT2D eigenvalue weighted by Gasteiger charge is -2.27. The number of H-pyrrole nitrogens is 1. The number of carbonyl (C=O) groups is 1. The van der Waals surface area contributed by atoms with Crippen molar-refractivity contribution in [2.75, 3.05) is 20.3 Å². The Morgan fingerprint density at radius 3 is 2.83 bits per heavy atom. The second kappa shape index (κ2) is 8.09. The Bertz CT molecular complexity index is 1080. The highest BCUT2D eigenvalue weighted by Gasteiger charge is 2.25. The molecule has 3 heterocycles. The van der Waals surface area contributed by atoms with E-state index in [1.54, 1.807) is 30.3 Å². The summed E-state index contributed by atoms with van der Waals surface area (Å²) in [6, 6.07) is 7.14. The molecule has 148 valence electrons. The van der Waals surface area contributed by atoms with Crippen molar-refractivity contribution in [1.29, 1.82) is 0 Å². The molecule has 9 heteroatoms. The molecule has 0 aliphatic carbocycles. The van der Waals surface area contributed by atoms with Crippen LogP contribution in [-0.2, 0) is 17.8 Å². The van der Waals surface area contributed by atoms with Crippen LogP contribution in [0.2, 0.25) is 0 Å². The number of nitrogens with zero attached hydrogens (tertiary/aromatic N) is 4. The van der Waals surface area contributed by atoms with Crippen LogP contribution in [-0.4, -0.2) is 51.0 Å². The van der Waals surface area contributed by atoms with Crippen LogP contribution < -0.4 is 15.0 Å². The fraction of sp³-hybridized carbons (Fsp3) is 0.250. The van der Waals surface area contributed by atoms with Crippen molar-refractivity contribution >= 4 is 5.91 Å². The maximum Gasteiger partial charge on any atom is 0.260 e. The Hall–Kier alpha value is -3.75. The number of rotatable bonds is 5. The van der Waals surface area contributed by atoms with Gasteiger partial charge in [0.25, 0.3) is 11.5 Å². The minimum absolute atomic E-state index is 0.129. The molecule has 1 N–H and O–H groups in total. The molecule has 29 heavy (non-hydrogen) atoms. The minimum atomic E-state index is -0.215. The molecule has 1 aliphatic rings. The number of hydrogen-bond acceptors (Lipinski definition) is 7. The molecule has 0 fully saturated rings. The van der Waals surface area contributed by atoms with Crippen molar-refractivity contribution in [3.8, 4) is 23.0 Å². The van der Waals surface area contributed by atoms with Gasteiger partial charge in [-0.15, -0.1) is 0 Å². The first-order chi connectivity index (χ1) is 14.2. The lowest BCUT2D eigenvalue weighted by atomic mass is 10.1. The van der Waals surface area contributed by atoms with Crippen LogP contribution in [0.5, 0.6) is 11.5 Å². The van der Waals surface area contributed by atoms with Gasteiger partial charge in [0.2, 0.25) is 0 Å². The molecule has 9 nitrogen and oxygen atoms in total. The molecule has 0 atom stereocenters. The van der Waals surface area contributed by atoms with E-state index in [-0.39, 0.29) is 24.6 Å². The van der Waals surface area contributed by atoms with Crippen molar-refractivity contribution in [2.45, 2.75) is 13.0 Å². The fourth-order valence-corrected chi connectivity index (χ4v) is 3.16. The normalized spacial score (nSPS) is 12.9. The number of ether oxygens (including phenoxy) is 2. The van der Waals surface area contributed by atoms with E-state index in [1.807, 2.05) is 12.1 Å². The summed E-state index contributed by atoms with van der Waals surface area (Å²) in [5.74, 6) is 1.21. The van der Waals surface area contributed by atoms with E-state index in [0.29, 0.717) is 47.2 Å². The lowest BCUT2D eigenvalue weighted by molar-refractivity contribution is -0.134. The predicted octanol–water partition coefficient (Wildman–Crippen LogP) is 1.20. The molecule has 1 aliphatic heterocycles. The third-order valence-corrected chi connectivity index (χ3v) is 4.65. The molecule has 0 radical (unpaired) electrons. The summed E-state index contributed by atoms with van der Waals surface area (Å²) in [7, 11) is 1.55. The first-order valence-electron chi connectivity index (χ1n) is 9.07. The molecule has 4 rings (SSSR count). The zero-order valence-corrected chi connectivity index (χ0v) is 15.8. The number of para-hydroxylation sites is 2. The van der Waals surface area contributed by atoms with Crippen LogP contribution in [0.1, 0.15) is 11.3 Å². The summed E-state index contributed by atoms with van der Waals surface area (Å²) in [5, 5.41) is 0. The minimum Gasteiger partial charge on any atom is -0.493 e. The van der Waals surface area contributed by atoms with Crippen molar-refractivity contribution in [2.24, 2.45) is 0 Å². The third kappa shape index (κ3) is 3.93. The standard InChI is InChI=1S/C20H19N5O4/c1-28-16-4-2-3-5-17(16)29-12-18(26)25-9-6-13-15(11-25)23-19(24-20(13)27)14-10-21-7-8-22-14/h2-5,7-8,10H,6,9,11-12H2,1H3,(H,23,24,27). The van der Waals surface area contributed by atoms with Crippen LogP contribution in [0.25, 0.3) is 11.5 Å². The molecule has 0 saturated carbocycles. The average Bonchev–Trinajstić information content (AvgIpc) is 2.77. The highest BCUT2D eigenvalue weighted by molar-refractivity contribution is 5.78. The maximum absolute atomic E-state index is 12.6. The zero-order chi connectivity index (χ0) is 20.2. The van der Waals surface area contributed by atoms with E-state index in [4.69, 9.17) is 9.47 Å². The van der Waals surface area contributed by atoms with E-state index < -0.39 is 0 Å². The second-order valence-electron chi connectivity index (χ2n) is 6.44. The van der Waals surface area contributed by atoms with Crippen LogP contribution in [0, 0.1) is 0 Å². The Balaban J connectivity index is 1.50. The number of methoxy groups -OCH3 is 1. The number of nitrogens with one attached hydrogen (secondary N) is 1. The molecule has 0 unspecified atom stereocenters. The second-order valence-corrected chi connectivity index (χ2v) is 6.44. The zero-order valence-electron chi connectivity index (χ0n) is 15.8. The predicted molar refractivity (Wildman–Crippen MR) is 103 cm³/mol. The quantitative estimate of drug-likeness (QED) is 0.693. The van der Waals surface area contributed by atoms with Crippen molar-refractivity contribution in [1.82, 2.24) is 24.8 Å². The van der Waals surface area contributed by atoms with Gasteiger partial charge >= 0.3 is 0 Å². The fourth-order valence-electron chi connectivity index (χ4n) is 3.16. The van der Waals surface area contributed by atoms with Crippen LogP contribution >= 0.6 is 0 Å². The van der Waals surface area contributed by atoms with Gasteiger partial charge in [0.1, 0.15) is 5.69 Å². The van der Waals surface area contributed by atoms with E-state index in [2.05, 4.69) is 19.9 Å². The van der Waals surface area contributed by atoms with E-state index in [9.17, 15) is 9.59 Å². The molecular weight excluding hydrogens is 374 g/mol. The van der Waals surface area contributed by atoms with Gasteiger partial charge in [0.15, 0.2) is 23.9 Å². The van der Waals surface area contributed by atoms with Crippen LogP contribution in [0.3, 0.4) is 0 Å². The molecule has 3 aromatic rings. The third-order valence-electron chi connectivity index (χ3n) is 4.65. The summed E-state index contributed by atoms with van der Waals surface area (Å²) in [6.45, 7) is 0.535. The number of benzene rings is 1. The average molecular weight is 393 g/mol. The monoisotopic (exact) mass is 393 g/mol. The highest BCUT2D eigenvalue weighted by Crippen LogP contribution is 2.26. The molecule has 1 aromatic carbocycles. The summed E-state index contributed by atoms with van der Waals surface area (Å²) >= 11 is 0. The first-order valence-corrected chi connectivity index (χ1v) is 9.07. The van der Waals surface area contributed by atoms with Gasteiger partial charge in [-0.3, -0.25) is 14.6 Å². The largest absolute Gasteiger partial charge is 0.493 e. The Morgan fingerprint density at radius 2 is 2.07 bits per heavy atom. The lowest BCUT2D eigenvalue weighted by Crippen LogP contribution is -2.41. The van der Waals surface area contributed by atoms with Gasteiger partial charge in [-0.05, 0) is 18.6 Å². The highest BCUT2D eigenvalue weighted by atomic mass is 16.5. The van der Waals surface area contributed by atoms with E-state index >= 15 is 0 Å². The smallest absolute Gasteiger partial charge is 0.260 e. The van der Waals surface area contributed by atoms with Crippen molar-refractivity contribution in [3.05, 3.63) is 64.5 Å². The van der Waals surface area contributed by atoms with Gasteiger partial charge in [-0.1, -0.05) is 12.1 Å². The number of fused-ring (bicyclic) bond motifs is 1. The molecular formula is C20H19N5O4. The van der Waals surface area contributed by atoms with E-state index in [0.717, 1.165) is 0 Å².